The molecule has 3 rings (SSSR count). The summed E-state index contributed by atoms with van der Waals surface area (Å²) in [5.74, 6) is 0.354. The zero-order valence-electron chi connectivity index (χ0n) is 20.7. The molecule has 2 atom stereocenters. The molecule has 2 aromatic carbocycles. The number of rotatable bonds is 9. The Morgan fingerprint density at radius 2 is 1.82 bits per heavy atom. The number of nitrogens with two attached hydrogens (primary N) is 1. The Balaban J connectivity index is 1.77. The van der Waals surface area contributed by atoms with E-state index in [1.807, 2.05) is 30.3 Å². The van der Waals surface area contributed by atoms with Crippen LogP contribution in [-0.2, 0) is 11.3 Å². The number of likely N-dealkylation sites (tertiary alicyclic amines) is 1. The molecule has 0 aromatic heterocycles. The summed E-state index contributed by atoms with van der Waals surface area (Å²) in [6, 6.07) is 17.4. The van der Waals surface area contributed by atoms with E-state index in [1.54, 1.807) is 4.90 Å². The van der Waals surface area contributed by atoms with E-state index in [0.29, 0.717) is 32.0 Å². The highest BCUT2D eigenvalue weighted by Gasteiger charge is 2.38. The molecule has 1 saturated heterocycles. The predicted molar refractivity (Wildman–Crippen MR) is 137 cm³/mol. The quantitative estimate of drug-likeness (QED) is 0.528. The van der Waals surface area contributed by atoms with Gasteiger partial charge in [0.25, 0.3) is 0 Å². The zero-order valence-corrected chi connectivity index (χ0v) is 20.7. The minimum Gasteiger partial charge on any atom is -0.353 e. The summed E-state index contributed by atoms with van der Waals surface area (Å²) in [6.07, 6.45) is 1.42. The predicted octanol–water partition coefficient (Wildman–Crippen LogP) is 3.59. The molecule has 0 saturated carbocycles. The summed E-state index contributed by atoms with van der Waals surface area (Å²) in [4.78, 5) is 30.4. The van der Waals surface area contributed by atoms with Gasteiger partial charge in [-0.2, -0.15) is 0 Å². The first-order valence-corrected chi connectivity index (χ1v) is 12.3. The molecule has 0 bridgehead atoms. The van der Waals surface area contributed by atoms with E-state index in [2.05, 4.69) is 60.6 Å². The number of nitrogens with one attached hydrogen (secondary N) is 2. The molecule has 7 heteroatoms. The fourth-order valence-electron chi connectivity index (χ4n) is 4.54. The number of amides is 3. The van der Waals surface area contributed by atoms with Gasteiger partial charge in [0.15, 0.2) is 0 Å². The zero-order chi connectivity index (χ0) is 24.5. The van der Waals surface area contributed by atoms with E-state index in [4.69, 9.17) is 5.73 Å². The standard InChI is InChI=1S/C27H39N5O2/c1-20(2)18-31(19-22-11-9-21(3)10-12-22)24-13-16-32(25(17-24)26(33)29-15-14-28)27(34)30-23-7-5-4-6-8-23/h4-12,20,24-25H,13-19,28H2,1-3H3,(H,29,33)(H,30,34)/t24?,25-/m1/s1. The second kappa shape index (κ2) is 12.5. The van der Waals surface area contributed by atoms with Crippen LogP contribution in [0.2, 0.25) is 0 Å². The topological polar surface area (TPSA) is 90.7 Å². The van der Waals surface area contributed by atoms with Crippen molar-refractivity contribution >= 4 is 17.6 Å². The fourth-order valence-corrected chi connectivity index (χ4v) is 4.54. The van der Waals surface area contributed by atoms with E-state index in [-0.39, 0.29) is 18.0 Å². The van der Waals surface area contributed by atoms with Crippen molar-refractivity contribution < 1.29 is 9.59 Å². The van der Waals surface area contributed by atoms with Gasteiger partial charge in [0.2, 0.25) is 5.91 Å². The number of benzene rings is 2. The van der Waals surface area contributed by atoms with Gasteiger partial charge < -0.3 is 21.3 Å². The van der Waals surface area contributed by atoms with Gasteiger partial charge in [0.1, 0.15) is 6.04 Å². The number of carbonyl (C=O) groups excluding carboxylic acids is 2. The Hall–Kier alpha value is -2.90. The smallest absolute Gasteiger partial charge is 0.322 e. The molecule has 184 valence electrons. The molecule has 7 nitrogen and oxygen atoms in total. The number of nitrogens with zero attached hydrogens (tertiary/aromatic N) is 2. The summed E-state index contributed by atoms with van der Waals surface area (Å²) in [5.41, 5.74) is 8.84. The summed E-state index contributed by atoms with van der Waals surface area (Å²) >= 11 is 0. The lowest BCUT2D eigenvalue weighted by atomic mass is 9.94. The van der Waals surface area contributed by atoms with Crippen LogP contribution in [0.15, 0.2) is 54.6 Å². The van der Waals surface area contributed by atoms with E-state index >= 15 is 0 Å². The van der Waals surface area contributed by atoms with Crippen molar-refractivity contribution in [2.45, 2.75) is 52.2 Å². The Labute approximate surface area is 203 Å². The molecule has 34 heavy (non-hydrogen) atoms. The lowest BCUT2D eigenvalue weighted by Crippen LogP contribution is -2.58. The van der Waals surface area contributed by atoms with Crippen molar-refractivity contribution in [1.29, 1.82) is 0 Å². The van der Waals surface area contributed by atoms with Crippen LogP contribution in [0.5, 0.6) is 0 Å². The highest BCUT2D eigenvalue weighted by atomic mass is 16.2. The molecule has 1 heterocycles. The second-order valence-corrected chi connectivity index (χ2v) is 9.57. The van der Waals surface area contributed by atoms with Gasteiger partial charge in [-0.15, -0.1) is 0 Å². The number of aryl methyl sites for hydroxylation is 1. The van der Waals surface area contributed by atoms with Gasteiger partial charge in [-0.1, -0.05) is 61.9 Å². The first-order valence-electron chi connectivity index (χ1n) is 12.3. The van der Waals surface area contributed by atoms with Gasteiger partial charge in [-0.25, -0.2) is 4.79 Å². The van der Waals surface area contributed by atoms with Crippen LogP contribution in [-0.4, -0.2) is 60.0 Å². The highest BCUT2D eigenvalue weighted by Crippen LogP contribution is 2.26. The monoisotopic (exact) mass is 465 g/mol. The average molecular weight is 466 g/mol. The van der Waals surface area contributed by atoms with Crippen molar-refractivity contribution in [3.63, 3.8) is 0 Å². The number of carbonyl (C=O) groups is 2. The van der Waals surface area contributed by atoms with Crippen molar-refractivity contribution in [2.75, 3.05) is 31.5 Å². The second-order valence-electron chi connectivity index (χ2n) is 9.57. The molecule has 4 N–H and O–H groups in total. The molecule has 1 fully saturated rings. The number of hydrogen-bond donors (Lipinski definition) is 3. The Morgan fingerprint density at radius 3 is 2.47 bits per heavy atom. The van der Waals surface area contributed by atoms with E-state index in [0.717, 1.165) is 25.2 Å². The molecule has 1 aliphatic rings. The third kappa shape index (κ3) is 7.30. The molecule has 0 aliphatic carbocycles. The summed E-state index contributed by atoms with van der Waals surface area (Å²) < 4.78 is 0. The van der Waals surface area contributed by atoms with Crippen LogP contribution in [0, 0.1) is 12.8 Å². The molecular formula is C27H39N5O2. The average Bonchev–Trinajstić information content (AvgIpc) is 2.83. The van der Waals surface area contributed by atoms with Crippen molar-refractivity contribution in [1.82, 2.24) is 15.1 Å². The summed E-state index contributed by atoms with van der Waals surface area (Å²) in [7, 11) is 0. The van der Waals surface area contributed by atoms with Crippen LogP contribution in [0.4, 0.5) is 10.5 Å². The number of hydrogen-bond acceptors (Lipinski definition) is 4. The largest absolute Gasteiger partial charge is 0.353 e. The van der Waals surface area contributed by atoms with Crippen LogP contribution >= 0.6 is 0 Å². The third-order valence-corrected chi connectivity index (χ3v) is 6.23. The Kier molecular flexibility index (Phi) is 9.48. The van der Waals surface area contributed by atoms with Gasteiger partial charge in [0, 0.05) is 44.5 Å². The highest BCUT2D eigenvalue weighted by molar-refractivity contribution is 5.94. The number of para-hydroxylation sites is 1. The lowest BCUT2D eigenvalue weighted by Gasteiger charge is -2.43. The molecule has 1 aliphatic heterocycles. The van der Waals surface area contributed by atoms with Gasteiger partial charge in [0.05, 0.1) is 0 Å². The van der Waals surface area contributed by atoms with Crippen LogP contribution in [0.25, 0.3) is 0 Å². The number of anilines is 1. The molecule has 0 spiro atoms. The van der Waals surface area contributed by atoms with E-state index in [9.17, 15) is 9.59 Å². The Bertz CT molecular complexity index is 916. The van der Waals surface area contributed by atoms with E-state index < -0.39 is 6.04 Å². The maximum absolute atomic E-state index is 13.1. The third-order valence-electron chi connectivity index (χ3n) is 6.23. The maximum Gasteiger partial charge on any atom is 0.322 e. The lowest BCUT2D eigenvalue weighted by molar-refractivity contribution is -0.127. The first kappa shape index (κ1) is 25.7. The van der Waals surface area contributed by atoms with Gasteiger partial charge in [-0.05, 0) is 43.4 Å². The first-order chi connectivity index (χ1) is 16.4. The maximum atomic E-state index is 13.1. The van der Waals surface area contributed by atoms with Crippen LogP contribution < -0.4 is 16.4 Å². The molecular weight excluding hydrogens is 426 g/mol. The van der Waals surface area contributed by atoms with Gasteiger partial charge >= 0.3 is 6.03 Å². The van der Waals surface area contributed by atoms with Crippen molar-refractivity contribution in [3.8, 4) is 0 Å². The van der Waals surface area contributed by atoms with Crippen LogP contribution in [0.1, 0.15) is 37.8 Å². The minimum absolute atomic E-state index is 0.141. The SMILES string of the molecule is Cc1ccc(CN(CC(C)C)C2CCN(C(=O)Nc3ccccc3)[C@@H](C(=O)NCCN)C2)cc1. The molecule has 3 amide bonds. The summed E-state index contributed by atoms with van der Waals surface area (Å²) in [6.45, 7) is 9.58. The Morgan fingerprint density at radius 1 is 1.12 bits per heavy atom. The van der Waals surface area contributed by atoms with E-state index in [1.165, 1.54) is 11.1 Å². The van der Waals surface area contributed by atoms with Crippen LogP contribution in [0.3, 0.4) is 0 Å². The fraction of sp³-hybridized carbons (Fsp3) is 0.481. The molecule has 2 aromatic rings. The normalized spacial score (nSPS) is 18.2. The molecule has 0 radical (unpaired) electrons. The number of urea groups is 1. The van der Waals surface area contributed by atoms with Gasteiger partial charge in [-0.3, -0.25) is 9.69 Å². The summed E-state index contributed by atoms with van der Waals surface area (Å²) in [5, 5.41) is 5.85. The molecule has 1 unspecified atom stereocenters. The van der Waals surface area contributed by atoms with Crippen molar-refractivity contribution in [3.05, 3.63) is 65.7 Å². The minimum atomic E-state index is -0.540. The number of piperidine rings is 1. The van der Waals surface area contributed by atoms with Crippen molar-refractivity contribution in [2.24, 2.45) is 11.7 Å².